The van der Waals surface area contributed by atoms with Gasteiger partial charge in [0.15, 0.2) is 0 Å². The first-order chi connectivity index (χ1) is 10.6. The van der Waals surface area contributed by atoms with Gasteiger partial charge in [-0.25, -0.2) is 4.79 Å². The van der Waals surface area contributed by atoms with Gasteiger partial charge >= 0.3 is 5.97 Å². The van der Waals surface area contributed by atoms with E-state index in [9.17, 15) is 9.90 Å². The van der Waals surface area contributed by atoms with Crippen molar-refractivity contribution in [1.82, 2.24) is 14.7 Å². The molecule has 0 aromatic carbocycles. The first-order valence-electron chi connectivity index (χ1n) is 8.24. The Labute approximate surface area is 141 Å². The molecule has 6 nitrogen and oxygen atoms in total. The molecular formula is C17H35N3O3. The highest BCUT2D eigenvalue weighted by Gasteiger charge is 2.29. The third-order valence-corrected chi connectivity index (χ3v) is 3.86. The van der Waals surface area contributed by atoms with Crippen LogP contribution in [0.2, 0.25) is 0 Å². The maximum Gasteiger partial charge on any atom is 0.333 e. The van der Waals surface area contributed by atoms with Gasteiger partial charge < -0.3 is 9.84 Å². The van der Waals surface area contributed by atoms with E-state index in [0.717, 1.165) is 12.8 Å². The van der Waals surface area contributed by atoms with E-state index in [2.05, 4.69) is 35.1 Å². The second-order valence-electron chi connectivity index (χ2n) is 6.43. The lowest BCUT2D eigenvalue weighted by molar-refractivity contribution is -0.143. The molecule has 0 bridgehead atoms. The minimum atomic E-state index is -0.735. The monoisotopic (exact) mass is 329 g/mol. The van der Waals surface area contributed by atoms with E-state index in [-0.39, 0.29) is 18.9 Å². The summed E-state index contributed by atoms with van der Waals surface area (Å²) in [5.41, 5.74) is 0.341. The van der Waals surface area contributed by atoms with Crippen molar-refractivity contribution < 1.29 is 14.6 Å². The molecule has 0 aliphatic heterocycles. The Kier molecular flexibility index (Phi) is 10.3. The molecule has 0 radical (unpaired) electrons. The van der Waals surface area contributed by atoms with Crippen molar-refractivity contribution in [3.8, 4) is 0 Å². The number of carbonyl (C=O) groups excluding carboxylic acids is 1. The van der Waals surface area contributed by atoms with Crippen molar-refractivity contribution in [2.24, 2.45) is 0 Å². The number of hydrogen-bond acceptors (Lipinski definition) is 6. The molecule has 0 aliphatic carbocycles. The second-order valence-corrected chi connectivity index (χ2v) is 6.43. The molecule has 0 aliphatic rings. The van der Waals surface area contributed by atoms with Crippen LogP contribution in [0.5, 0.6) is 0 Å². The number of rotatable bonds is 11. The van der Waals surface area contributed by atoms with E-state index < -0.39 is 12.1 Å². The fraction of sp³-hybridized carbons (Fsp3) is 0.824. The van der Waals surface area contributed by atoms with Crippen LogP contribution in [0.1, 0.15) is 33.6 Å². The quantitative estimate of drug-likeness (QED) is 0.351. The van der Waals surface area contributed by atoms with E-state index >= 15 is 0 Å². The van der Waals surface area contributed by atoms with Crippen LogP contribution in [-0.4, -0.2) is 85.6 Å². The van der Waals surface area contributed by atoms with Gasteiger partial charge in [0.05, 0.1) is 12.3 Å². The highest BCUT2D eigenvalue weighted by atomic mass is 16.5. The van der Waals surface area contributed by atoms with Gasteiger partial charge in [-0.1, -0.05) is 20.4 Å². The van der Waals surface area contributed by atoms with Gasteiger partial charge in [0.1, 0.15) is 12.7 Å². The Bertz CT molecular complexity index is 356. The molecule has 3 unspecified atom stereocenters. The van der Waals surface area contributed by atoms with Crippen LogP contribution in [-0.2, 0) is 9.53 Å². The number of aliphatic hydroxyl groups is 1. The zero-order chi connectivity index (χ0) is 18.2. The van der Waals surface area contributed by atoms with Crippen molar-refractivity contribution >= 4 is 5.97 Å². The van der Waals surface area contributed by atoms with Gasteiger partial charge in [0, 0.05) is 12.1 Å². The Morgan fingerprint density at radius 3 is 1.83 bits per heavy atom. The molecule has 23 heavy (non-hydrogen) atoms. The summed E-state index contributed by atoms with van der Waals surface area (Å²) in [6, 6.07) is 0. The van der Waals surface area contributed by atoms with Crippen LogP contribution >= 0.6 is 0 Å². The van der Waals surface area contributed by atoms with Gasteiger partial charge in [0.2, 0.25) is 0 Å². The number of aliphatic hydroxyl groups excluding tert-OH is 1. The Morgan fingerprint density at radius 1 is 1.09 bits per heavy atom. The molecule has 0 amide bonds. The van der Waals surface area contributed by atoms with E-state index in [1.54, 1.807) is 6.92 Å². The smallest absolute Gasteiger partial charge is 0.333 e. The lowest BCUT2D eigenvalue weighted by atomic mass is 10.2. The Hall–Kier alpha value is -0.950. The SMILES string of the molecule is C=C(C)C(=O)OCC(O)CN(C(CC)N(C)C)C(CC)N(C)C. The molecule has 0 spiro atoms. The van der Waals surface area contributed by atoms with Crippen molar-refractivity contribution in [3.63, 3.8) is 0 Å². The molecule has 0 saturated heterocycles. The summed E-state index contributed by atoms with van der Waals surface area (Å²) < 4.78 is 5.07. The average molecular weight is 329 g/mol. The molecule has 0 rings (SSSR count). The van der Waals surface area contributed by atoms with E-state index in [0.29, 0.717) is 12.1 Å². The Morgan fingerprint density at radius 2 is 1.52 bits per heavy atom. The summed E-state index contributed by atoms with van der Waals surface area (Å²) in [7, 11) is 8.15. The third kappa shape index (κ3) is 7.44. The minimum Gasteiger partial charge on any atom is -0.460 e. The molecule has 1 N–H and O–H groups in total. The summed E-state index contributed by atoms with van der Waals surface area (Å²) in [6.07, 6.45) is 1.55. The molecule has 6 heteroatoms. The largest absolute Gasteiger partial charge is 0.460 e. The van der Waals surface area contributed by atoms with Crippen molar-refractivity contribution in [2.45, 2.75) is 52.0 Å². The second kappa shape index (κ2) is 10.8. The normalized spacial score (nSPS) is 15.8. The molecule has 0 aromatic rings. The number of ether oxygens (including phenoxy) is 1. The van der Waals surface area contributed by atoms with Gasteiger partial charge in [-0.2, -0.15) is 0 Å². The number of esters is 1. The van der Waals surface area contributed by atoms with Gasteiger partial charge in [-0.05, 0) is 48.0 Å². The number of hydrogen-bond donors (Lipinski definition) is 1. The lowest BCUT2D eigenvalue weighted by Crippen LogP contribution is -2.57. The standard InChI is InChI=1S/C17H35N3O3/c1-9-15(18(5)6)20(16(10-2)19(7)8)11-14(21)12-23-17(22)13(3)4/h14-16,21H,3,9-12H2,1-2,4-8H3. The predicted octanol–water partition coefficient (Wildman–Crippen LogP) is 1.36. The number of carbonyl (C=O) groups is 1. The highest BCUT2D eigenvalue weighted by Crippen LogP contribution is 2.16. The lowest BCUT2D eigenvalue weighted by Gasteiger charge is -2.44. The van der Waals surface area contributed by atoms with E-state index in [4.69, 9.17) is 4.74 Å². The molecular weight excluding hydrogens is 294 g/mol. The Balaban J connectivity index is 4.99. The first kappa shape index (κ1) is 22.1. The van der Waals surface area contributed by atoms with Crippen LogP contribution in [0.15, 0.2) is 12.2 Å². The van der Waals surface area contributed by atoms with Crippen LogP contribution < -0.4 is 0 Å². The average Bonchev–Trinajstić information content (AvgIpc) is 2.44. The topological polar surface area (TPSA) is 56.3 Å². The zero-order valence-corrected chi connectivity index (χ0v) is 15.9. The molecule has 3 atom stereocenters. The summed E-state index contributed by atoms with van der Waals surface area (Å²) in [5.74, 6) is -0.463. The van der Waals surface area contributed by atoms with Crippen molar-refractivity contribution in [1.29, 1.82) is 0 Å². The van der Waals surface area contributed by atoms with Gasteiger partial charge in [-0.3, -0.25) is 14.7 Å². The van der Waals surface area contributed by atoms with Gasteiger partial charge in [0.25, 0.3) is 0 Å². The minimum absolute atomic E-state index is 0.0179. The molecule has 0 aromatic heterocycles. The zero-order valence-electron chi connectivity index (χ0n) is 15.9. The van der Waals surface area contributed by atoms with Crippen LogP contribution in [0.25, 0.3) is 0 Å². The summed E-state index contributed by atoms with van der Waals surface area (Å²) in [5, 5.41) is 10.3. The van der Waals surface area contributed by atoms with E-state index in [1.807, 2.05) is 28.2 Å². The first-order valence-corrected chi connectivity index (χ1v) is 8.24. The van der Waals surface area contributed by atoms with Gasteiger partial charge in [-0.15, -0.1) is 0 Å². The predicted molar refractivity (Wildman–Crippen MR) is 94.0 cm³/mol. The summed E-state index contributed by atoms with van der Waals surface area (Å²) >= 11 is 0. The maximum atomic E-state index is 11.5. The molecule has 0 heterocycles. The third-order valence-electron chi connectivity index (χ3n) is 3.86. The fourth-order valence-corrected chi connectivity index (χ4v) is 2.83. The molecule has 0 saturated carbocycles. The van der Waals surface area contributed by atoms with E-state index in [1.165, 1.54) is 0 Å². The summed E-state index contributed by atoms with van der Waals surface area (Å²) in [6.45, 7) is 9.83. The van der Waals surface area contributed by atoms with Crippen LogP contribution in [0.3, 0.4) is 0 Å². The van der Waals surface area contributed by atoms with Crippen LogP contribution in [0.4, 0.5) is 0 Å². The fourth-order valence-electron chi connectivity index (χ4n) is 2.83. The molecule has 136 valence electrons. The molecule has 0 fully saturated rings. The van der Waals surface area contributed by atoms with Crippen molar-refractivity contribution in [2.75, 3.05) is 41.3 Å². The van der Waals surface area contributed by atoms with Crippen molar-refractivity contribution in [3.05, 3.63) is 12.2 Å². The maximum absolute atomic E-state index is 11.5. The number of nitrogens with zero attached hydrogens (tertiary/aromatic N) is 3. The van der Waals surface area contributed by atoms with Crippen LogP contribution in [0, 0.1) is 0 Å². The summed E-state index contributed by atoms with van der Waals surface area (Å²) in [4.78, 5) is 18.0. The highest BCUT2D eigenvalue weighted by molar-refractivity contribution is 5.86.